The number of nitrogens with zero attached hydrogens (tertiary/aromatic N) is 1. The lowest BCUT2D eigenvalue weighted by Gasteiger charge is -2.13. The van der Waals surface area contributed by atoms with E-state index in [-0.39, 0.29) is 0 Å². The molecule has 2 aromatic heterocycles. The summed E-state index contributed by atoms with van der Waals surface area (Å²) in [6, 6.07) is 38.1. The first kappa shape index (κ1) is 19.5. The SMILES string of the molecule is CC(c1ccccc1)c1ccnc(-c2ccc3c(c2)oc2cccc(-c4ccccc4)c23)c1. The Balaban J connectivity index is 1.44. The van der Waals surface area contributed by atoms with E-state index in [4.69, 9.17) is 4.42 Å². The van der Waals surface area contributed by atoms with Gasteiger partial charge >= 0.3 is 0 Å². The van der Waals surface area contributed by atoms with Crippen LogP contribution in [0.3, 0.4) is 0 Å². The lowest BCUT2D eigenvalue weighted by Crippen LogP contribution is -1.97. The lowest BCUT2D eigenvalue weighted by atomic mass is 9.92. The molecule has 0 bridgehead atoms. The zero-order valence-electron chi connectivity index (χ0n) is 18.4. The number of hydrogen-bond acceptors (Lipinski definition) is 2. The molecule has 0 fully saturated rings. The minimum Gasteiger partial charge on any atom is -0.456 e. The summed E-state index contributed by atoms with van der Waals surface area (Å²) in [4.78, 5) is 4.67. The highest BCUT2D eigenvalue weighted by Gasteiger charge is 2.14. The molecule has 2 nitrogen and oxygen atoms in total. The van der Waals surface area contributed by atoms with Crippen molar-refractivity contribution < 1.29 is 4.42 Å². The monoisotopic (exact) mass is 425 g/mol. The van der Waals surface area contributed by atoms with Crippen molar-refractivity contribution in [1.82, 2.24) is 4.98 Å². The van der Waals surface area contributed by atoms with Crippen LogP contribution in [0.2, 0.25) is 0 Å². The quantitative estimate of drug-likeness (QED) is 0.283. The maximum Gasteiger partial charge on any atom is 0.136 e. The molecular formula is C31H23NO. The molecule has 4 aromatic carbocycles. The van der Waals surface area contributed by atoms with Gasteiger partial charge in [-0.3, -0.25) is 4.98 Å². The molecule has 0 aliphatic rings. The Morgan fingerprint density at radius 3 is 2.24 bits per heavy atom. The molecule has 158 valence electrons. The van der Waals surface area contributed by atoms with Crippen LogP contribution in [0.1, 0.15) is 24.0 Å². The van der Waals surface area contributed by atoms with Crippen LogP contribution in [0.25, 0.3) is 44.3 Å². The van der Waals surface area contributed by atoms with Crippen molar-refractivity contribution in [2.24, 2.45) is 0 Å². The molecule has 0 saturated carbocycles. The van der Waals surface area contributed by atoms with E-state index in [2.05, 4.69) is 109 Å². The molecule has 0 aliphatic carbocycles. The van der Waals surface area contributed by atoms with E-state index >= 15 is 0 Å². The fourth-order valence-electron chi connectivity index (χ4n) is 4.65. The second-order valence-electron chi connectivity index (χ2n) is 8.46. The van der Waals surface area contributed by atoms with Gasteiger partial charge in [0.05, 0.1) is 5.69 Å². The number of furan rings is 1. The second-order valence-corrected chi connectivity index (χ2v) is 8.46. The fourth-order valence-corrected chi connectivity index (χ4v) is 4.65. The van der Waals surface area contributed by atoms with E-state index in [1.54, 1.807) is 0 Å². The van der Waals surface area contributed by atoms with Gasteiger partial charge in [-0.2, -0.15) is 0 Å². The summed E-state index contributed by atoms with van der Waals surface area (Å²) in [5.41, 5.74) is 8.75. The predicted molar refractivity (Wildman–Crippen MR) is 136 cm³/mol. The largest absolute Gasteiger partial charge is 0.456 e. The molecule has 0 N–H and O–H groups in total. The van der Waals surface area contributed by atoms with Crippen LogP contribution in [-0.2, 0) is 0 Å². The molecule has 6 rings (SSSR count). The summed E-state index contributed by atoms with van der Waals surface area (Å²) in [5, 5.41) is 2.28. The molecule has 0 saturated heterocycles. The minimum absolute atomic E-state index is 0.302. The van der Waals surface area contributed by atoms with Crippen LogP contribution in [0.5, 0.6) is 0 Å². The molecule has 0 amide bonds. The van der Waals surface area contributed by atoms with Crippen LogP contribution >= 0.6 is 0 Å². The van der Waals surface area contributed by atoms with Gasteiger partial charge in [0.1, 0.15) is 11.2 Å². The lowest BCUT2D eigenvalue weighted by molar-refractivity contribution is 0.669. The molecule has 2 heterocycles. The highest BCUT2D eigenvalue weighted by molar-refractivity contribution is 6.12. The van der Waals surface area contributed by atoms with Crippen molar-refractivity contribution in [1.29, 1.82) is 0 Å². The van der Waals surface area contributed by atoms with Gasteiger partial charge in [-0.25, -0.2) is 0 Å². The van der Waals surface area contributed by atoms with E-state index in [1.807, 2.05) is 18.3 Å². The number of benzene rings is 4. The molecule has 2 heteroatoms. The highest BCUT2D eigenvalue weighted by Crippen LogP contribution is 2.38. The summed E-state index contributed by atoms with van der Waals surface area (Å²) >= 11 is 0. The third kappa shape index (κ3) is 3.50. The van der Waals surface area contributed by atoms with Gasteiger partial charge in [0.15, 0.2) is 0 Å². The number of pyridine rings is 1. The Morgan fingerprint density at radius 2 is 1.42 bits per heavy atom. The second kappa shape index (κ2) is 8.07. The molecule has 0 spiro atoms. The summed E-state index contributed by atoms with van der Waals surface area (Å²) in [5.74, 6) is 0.302. The van der Waals surface area contributed by atoms with Crippen LogP contribution in [0.4, 0.5) is 0 Å². The van der Waals surface area contributed by atoms with Crippen molar-refractivity contribution in [2.45, 2.75) is 12.8 Å². The molecule has 0 aliphatic heterocycles. The van der Waals surface area contributed by atoms with Crippen LogP contribution in [0, 0.1) is 0 Å². The van der Waals surface area contributed by atoms with Crippen molar-refractivity contribution in [3.05, 3.63) is 127 Å². The van der Waals surface area contributed by atoms with Crippen LogP contribution in [-0.4, -0.2) is 4.98 Å². The fraction of sp³-hybridized carbons (Fsp3) is 0.0645. The standard InChI is InChI=1S/C31H23NO/c1-21(22-9-4-2-5-10-22)24-17-18-32-28(19-24)25-15-16-27-30(20-25)33-29-14-8-13-26(31(27)29)23-11-6-3-7-12-23/h2-21H,1H3. The van der Waals surface area contributed by atoms with Crippen molar-refractivity contribution >= 4 is 21.9 Å². The average molecular weight is 426 g/mol. The summed E-state index contributed by atoms with van der Waals surface area (Å²) in [6.45, 7) is 2.24. The summed E-state index contributed by atoms with van der Waals surface area (Å²) in [7, 11) is 0. The first-order chi connectivity index (χ1) is 16.3. The number of fused-ring (bicyclic) bond motifs is 3. The van der Waals surface area contributed by atoms with Crippen LogP contribution < -0.4 is 0 Å². The zero-order chi connectivity index (χ0) is 22.2. The number of hydrogen-bond donors (Lipinski definition) is 0. The predicted octanol–water partition coefficient (Wildman–Crippen LogP) is 8.47. The molecule has 33 heavy (non-hydrogen) atoms. The van der Waals surface area contributed by atoms with Gasteiger partial charge in [0, 0.05) is 28.5 Å². The van der Waals surface area contributed by atoms with E-state index in [0.717, 1.165) is 33.2 Å². The topological polar surface area (TPSA) is 26.0 Å². The summed E-state index contributed by atoms with van der Waals surface area (Å²) < 4.78 is 6.30. The minimum atomic E-state index is 0.302. The Morgan fingerprint density at radius 1 is 0.636 bits per heavy atom. The van der Waals surface area contributed by atoms with Gasteiger partial charge in [-0.15, -0.1) is 0 Å². The molecule has 6 aromatic rings. The molecule has 0 radical (unpaired) electrons. The Labute approximate surface area is 193 Å². The van der Waals surface area contributed by atoms with Gasteiger partial charge in [0.25, 0.3) is 0 Å². The molecule has 1 atom stereocenters. The first-order valence-corrected chi connectivity index (χ1v) is 11.3. The molecule has 1 unspecified atom stereocenters. The Kier molecular flexibility index (Phi) is 4.77. The average Bonchev–Trinajstić information content (AvgIpc) is 3.27. The Hall–Kier alpha value is -4.17. The van der Waals surface area contributed by atoms with Gasteiger partial charge in [0.2, 0.25) is 0 Å². The third-order valence-corrected chi connectivity index (χ3v) is 6.46. The smallest absolute Gasteiger partial charge is 0.136 e. The van der Waals surface area contributed by atoms with E-state index in [9.17, 15) is 0 Å². The van der Waals surface area contributed by atoms with Crippen molar-refractivity contribution in [3.8, 4) is 22.4 Å². The highest BCUT2D eigenvalue weighted by atomic mass is 16.3. The van der Waals surface area contributed by atoms with Crippen molar-refractivity contribution in [2.75, 3.05) is 0 Å². The van der Waals surface area contributed by atoms with Crippen LogP contribution in [0.15, 0.2) is 120 Å². The van der Waals surface area contributed by atoms with Crippen molar-refractivity contribution in [3.63, 3.8) is 0 Å². The summed E-state index contributed by atoms with van der Waals surface area (Å²) in [6.07, 6.45) is 1.90. The normalized spacial score (nSPS) is 12.3. The van der Waals surface area contributed by atoms with E-state index < -0.39 is 0 Å². The maximum atomic E-state index is 6.30. The number of rotatable bonds is 4. The zero-order valence-corrected chi connectivity index (χ0v) is 18.4. The third-order valence-electron chi connectivity index (χ3n) is 6.46. The number of aromatic nitrogens is 1. The maximum absolute atomic E-state index is 6.30. The molecular weight excluding hydrogens is 402 g/mol. The first-order valence-electron chi connectivity index (χ1n) is 11.3. The van der Waals surface area contributed by atoms with E-state index in [0.29, 0.717) is 5.92 Å². The van der Waals surface area contributed by atoms with Gasteiger partial charge < -0.3 is 4.42 Å². The van der Waals surface area contributed by atoms with Gasteiger partial charge in [-0.1, -0.05) is 85.8 Å². The van der Waals surface area contributed by atoms with Gasteiger partial charge in [-0.05, 0) is 52.6 Å². The Bertz CT molecular complexity index is 1570. The van der Waals surface area contributed by atoms with E-state index in [1.165, 1.54) is 22.3 Å².